The van der Waals surface area contributed by atoms with Crippen molar-refractivity contribution in [1.29, 1.82) is 0 Å². The molecule has 1 aromatic heterocycles. The van der Waals surface area contributed by atoms with Crippen molar-refractivity contribution in [2.75, 3.05) is 111 Å². The van der Waals surface area contributed by atoms with Crippen molar-refractivity contribution in [1.82, 2.24) is 52.0 Å². The standard InChI is InChI=1S/C79H118FN11O17S/c1-9-11-12-21-33-91(76(100)71(53(5)10-2)89-74(99)64-27-20-22-32-90(64)8)65(52(3)4)45-66(92)75-88-63(51-109-75)73(98)85-56(46-79(6,7)77(101)102)42-55-28-29-61(60(80)43-55)86-70(96)49-84-72(97)62(44-54-23-16-15-17-24-54)87-69(95)48-83-68(94)47-82-67(93)30-34-104-36-38-106-40-41-107-39-37-105-35-31-81-78(103)108-50-59-57-25-18-13-14-19-26-58(57)59/h15-17,23-24,28-29,43,51-53,56-59,62,64-66,71,92H,9-12,18-22,25-27,30-42,44-50H2,1-8H3,(H,81,103)(H,82,93)(H,83,94)(H,84,97)(H,85,98)(H,86,96)(H,87,95)(H,89,99)(H,101,102)/t53-,56-,57?,58?,59?,62-,64+,65+,66+,71-/m0/s1. The number of thiazole rings is 1. The number of carboxylic acids is 1. The molecule has 1 aliphatic heterocycles. The molecule has 2 unspecified atom stereocenters. The van der Waals surface area contributed by atoms with E-state index in [2.05, 4.69) is 66.3 Å². The number of piperidine rings is 1. The number of hydrogen-bond acceptors (Lipinski definition) is 19. The average molecular weight is 1540 g/mol. The molecule has 2 heterocycles. The monoisotopic (exact) mass is 1540 g/mol. The second kappa shape index (κ2) is 47.8. The lowest BCUT2D eigenvalue weighted by Crippen LogP contribution is -2.58. The maximum absolute atomic E-state index is 16.0. The Labute approximate surface area is 645 Å². The van der Waals surface area contributed by atoms with E-state index in [0.717, 1.165) is 88.2 Å². The molecule has 6 rings (SSSR count). The number of aliphatic hydroxyl groups excluding tert-OH is 1. The number of aliphatic carboxylic acids is 1. The molecule has 2 aliphatic carbocycles. The lowest BCUT2D eigenvalue weighted by molar-refractivity contribution is -0.147. The van der Waals surface area contributed by atoms with Gasteiger partial charge in [-0.2, -0.15) is 0 Å². The number of ether oxygens (including phenoxy) is 5. The van der Waals surface area contributed by atoms with Crippen LogP contribution in [-0.4, -0.2) is 220 Å². The van der Waals surface area contributed by atoms with Gasteiger partial charge in [-0.1, -0.05) is 103 Å². The van der Waals surface area contributed by atoms with Crippen LogP contribution in [0.4, 0.5) is 14.9 Å². The number of aliphatic hydroxyl groups is 1. The van der Waals surface area contributed by atoms with Gasteiger partial charge < -0.3 is 81.3 Å². The van der Waals surface area contributed by atoms with Crippen LogP contribution in [0.1, 0.15) is 178 Å². The number of aromatic nitrogens is 1. The number of fused-ring (bicyclic) bond motifs is 1. The average Bonchev–Trinajstić information content (AvgIpc) is 1.60. The Balaban J connectivity index is 0.904. The first-order valence-corrected chi connectivity index (χ1v) is 39.6. The molecule has 1 saturated heterocycles. The molecule has 604 valence electrons. The number of carbonyl (C=O) groups excluding carboxylic acids is 9. The quantitative estimate of drug-likeness (QED) is 0.0209. The Morgan fingerprint density at radius 2 is 1.39 bits per heavy atom. The fourth-order valence-corrected chi connectivity index (χ4v) is 14.3. The van der Waals surface area contributed by atoms with Crippen molar-refractivity contribution in [2.45, 2.75) is 194 Å². The molecule has 0 spiro atoms. The zero-order valence-corrected chi connectivity index (χ0v) is 65.6. The van der Waals surface area contributed by atoms with Gasteiger partial charge in [0.15, 0.2) is 0 Å². The summed E-state index contributed by atoms with van der Waals surface area (Å²) in [5, 5.41) is 44.8. The first-order valence-electron chi connectivity index (χ1n) is 38.7. The molecule has 2 fully saturated rings. The van der Waals surface area contributed by atoms with E-state index in [9.17, 15) is 58.2 Å². The number of carboxylic acid groups (broad SMARTS) is 1. The van der Waals surface area contributed by atoms with E-state index in [-0.39, 0.29) is 98.0 Å². The number of amides is 9. The van der Waals surface area contributed by atoms with Gasteiger partial charge in [-0.15, -0.1) is 23.2 Å². The van der Waals surface area contributed by atoms with Crippen LogP contribution in [0, 0.1) is 52.7 Å². The van der Waals surface area contributed by atoms with Gasteiger partial charge in [0.25, 0.3) is 5.91 Å². The van der Waals surface area contributed by atoms with Crippen molar-refractivity contribution < 1.29 is 86.2 Å². The summed E-state index contributed by atoms with van der Waals surface area (Å²) in [4.78, 5) is 141. The van der Waals surface area contributed by atoms with Gasteiger partial charge in [0.2, 0.25) is 41.4 Å². The highest BCUT2D eigenvalue weighted by Crippen LogP contribution is 2.52. The Kier molecular flexibility index (Phi) is 39.3. The fourth-order valence-electron chi connectivity index (χ4n) is 13.5. The third kappa shape index (κ3) is 32.0. The van der Waals surface area contributed by atoms with Crippen molar-refractivity contribution in [3.63, 3.8) is 0 Å². The molecule has 0 bridgehead atoms. The predicted octanol–water partition coefficient (Wildman–Crippen LogP) is 6.63. The summed E-state index contributed by atoms with van der Waals surface area (Å²) in [6.45, 7) is 15.5. The number of rotatable bonds is 50. The number of benzene rings is 2. The fraction of sp³-hybridized carbons (Fsp3) is 0.658. The summed E-state index contributed by atoms with van der Waals surface area (Å²) in [6, 6.07) is 8.88. The molecule has 1 saturated carbocycles. The third-order valence-corrected chi connectivity index (χ3v) is 21.1. The van der Waals surface area contributed by atoms with Gasteiger partial charge in [-0.25, -0.2) is 14.2 Å². The smallest absolute Gasteiger partial charge is 0.407 e. The topological polar surface area (TPSA) is 373 Å². The van der Waals surface area contributed by atoms with Gasteiger partial charge >= 0.3 is 12.1 Å². The number of likely N-dealkylation sites (N-methyl/N-ethyl adjacent to an activating group) is 1. The molecule has 109 heavy (non-hydrogen) atoms. The van der Waals surface area contributed by atoms with E-state index >= 15 is 4.39 Å². The number of nitrogens with zero attached hydrogens (tertiary/aromatic N) is 3. The van der Waals surface area contributed by atoms with Gasteiger partial charge in [-0.05, 0) is 125 Å². The molecular weight excluding hydrogens is 1430 g/mol. The number of likely N-dealkylation sites (tertiary alicyclic amines) is 1. The Bertz CT molecular complexity index is 3450. The summed E-state index contributed by atoms with van der Waals surface area (Å²) < 4.78 is 43.3. The molecule has 0 radical (unpaired) electrons. The van der Waals surface area contributed by atoms with Crippen LogP contribution in [0.5, 0.6) is 0 Å². The normalized spacial score (nSPS) is 17.9. The minimum atomic E-state index is -1.37. The number of alkyl carbamates (subject to hydrolysis) is 1. The molecule has 30 heteroatoms. The summed E-state index contributed by atoms with van der Waals surface area (Å²) in [6.07, 6.45) is 9.08. The van der Waals surface area contributed by atoms with Crippen LogP contribution < -0.4 is 42.5 Å². The highest BCUT2D eigenvalue weighted by atomic mass is 32.1. The zero-order chi connectivity index (χ0) is 79.3. The number of halogens is 1. The Morgan fingerprint density at radius 1 is 0.734 bits per heavy atom. The van der Waals surface area contributed by atoms with Gasteiger partial charge in [-0.3, -0.25) is 48.1 Å². The zero-order valence-electron chi connectivity index (χ0n) is 64.8. The number of nitrogens with one attached hydrogen (secondary N) is 8. The van der Waals surface area contributed by atoms with Gasteiger partial charge in [0.1, 0.15) is 34.7 Å². The second-order valence-electron chi connectivity index (χ2n) is 29.4. The van der Waals surface area contributed by atoms with E-state index in [1.165, 1.54) is 31.4 Å². The number of carbonyl (C=O) groups is 10. The highest BCUT2D eigenvalue weighted by molar-refractivity contribution is 7.09. The molecule has 28 nitrogen and oxygen atoms in total. The first kappa shape index (κ1) is 89.7. The summed E-state index contributed by atoms with van der Waals surface area (Å²) in [5.41, 5.74) is -0.678. The second-order valence-corrected chi connectivity index (χ2v) is 30.3. The van der Waals surface area contributed by atoms with Crippen LogP contribution in [0.15, 0.2) is 53.9 Å². The predicted molar refractivity (Wildman–Crippen MR) is 409 cm³/mol. The van der Waals surface area contributed by atoms with E-state index in [4.69, 9.17) is 23.7 Å². The highest BCUT2D eigenvalue weighted by Gasteiger charge is 2.49. The number of anilines is 1. The Hall–Kier alpha value is -8.18. The van der Waals surface area contributed by atoms with E-state index in [1.54, 1.807) is 30.3 Å². The molecule has 10 N–H and O–H groups in total. The van der Waals surface area contributed by atoms with Crippen LogP contribution in [-0.2, 0) is 74.9 Å². The number of unbranched alkanes of at least 4 members (excludes halogenated alkanes) is 3. The third-order valence-electron chi connectivity index (χ3n) is 20.1. The van der Waals surface area contributed by atoms with Gasteiger partial charge in [0.05, 0.1) is 96.2 Å². The maximum atomic E-state index is 16.0. The van der Waals surface area contributed by atoms with Crippen LogP contribution in [0.3, 0.4) is 0 Å². The van der Waals surface area contributed by atoms with Crippen molar-refractivity contribution in [3.8, 4) is 11.8 Å². The lowest BCUT2D eigenvalue weighted by atomic mass is 9.84. The molecule has 3 aromatic rings. The van der Waals surface area contributed by atoms with Crippen molar-refractivity contribution in [3.05, 3.63) is 81.6 Å². The first-order chi connectivity index (χ1) is 52.3. The summed E-state index contributed by atoms with van der Waals surface area (Å²) in [5.74, 6) is 1.15. The maximum Gasteiger partial charge on any atom is 0.407 e. The lowest BCUT2D eigenvalue weighted by Gasteiger charge is -2.40. The van der Waals surface area contributed by atoms with Crippen molar-refractivity contribution in [2.24, 2.45) is 35.0 Å². The summed E-state index contributed by atoms with van der Waals surface area (Å²) in [7, 11) is 1.93. The molecule has 3 aliphatic rings. The van der Waals surface area contributed by atoms with Crippen LogP contribution in [0.2, 0.25) is 0 Å². The van der Waals surface area contributed by atoms with Crippen LogP contribution >= 0.6 is 11.3 Å². The minimum Gasteiger partial charge on any atom is -0.481 e. The molecule has 2 aromatic carbocycles. The van der Waals surface area contributed by atoms with E-state index in [1.807, 2.05) is 44.5 Å². The minimum absolute atomic E-state index is 0.0120. The Morgan fingerprint density at radius 3 is 2.03 bits per heavy atom. The number of hydrogen-bond donors (Lipinski definition) is 10. The molecular formula is C79H118FN11O17S. The van der Waals surface area contributed by atoms with Crippen LogP contribution in [0.25, 0.3) is 0 Å². The molecule has 9 amide bonds. The van der Waals surface area contributed by atoms with Crippen molar-refractivity contribution >= 4 is 76.3 Å². The largest absolute Gasteiger partial charge is 0.481 e. The summed E-state index contributed by atoms with van der Waals surface area (Å²) >= 11 is 1.06. The SMILES string of the molecule is CCCCCCN(C(=O)[C@@H](NC(=O)[C@H]1CCCCN1C)[C@@H](C)CC)[C@H](C[C@@H](O)c1nc(C(=O)N[C@@H](Cc2ccc(NC(=O)CNC(=O)[C@H](Cc3ccccc3)NC(=O)CNC(=O)CNC(=O)CCOCCOCCOCCOCCNC(=O)OCC3C4CCC#CCCC43)c(F)c2)CC(C)(C)C(=O)O)cs1)C(C)C. The molecule has 9 atom stereocenters. The van der Waals surface area contributed by atoms with E-state index < -0.39 is 109 Å². The van der Waals surface area contributed by atoms with E-state index in [0.29, 0.717) is 94.5 Å². The van der Waals surface area contributed by atoms with Gasteiger partial charge in [0, 0.05) is 62.7 Å².